The standard InChI is InChI=1S/C18H20N4OS2/c1-22-10-9-13-15(11-22)25-18(20-13)21-16(23)7-4-8-17-19-12-5-2-3-6-14(12)24-17/h2-3,5-6H,4,7-11H2,1H3,(H,20,21,23). The molecule has 1 aromatic carbocycles. The first kappa shape index (κ1) is 16.6. The first-order valence-corrected chi connectivity index (χ1v) is 10.1. The second-order valence-corrected chi connectivity index (χ2v) is 8.55. The summed E-state index contributed by atoms with van der Waals surface area (Å²) in [6, 6.07) is 8.16. The number of amides is 1. The number of rotatable bonds is 5. The normalized spacial score (nSPS) is 14.6. The first-order valence-electron chi connectivity index (χ1n) is 8.49. The van der Waals surface area contributed by atoms with Crippen LogP contribution >= 0.6 is 22.7 Å². The molecule has 1 N–H and O–H groups in total. The Hall–Kier alpha value is -1.83. The molecule has 7 heteroatoms. The second-order valence-electron chi connectivity index (χ2n) is 6.35. The second kappa shape index (κ2) is 7.19. The maximum atomic E-state index is 12.2. The highest BCUT2D eigenvalue weighted by molar-refractivity contribution is 7.18. The van der Waals surface area contributed by atoms with Gasteiger partial charge >= 0.3 is 0 Å². The van der Waals surface area contributed by atoms with Gasteiger partial charge in [-0.25, -0.2) is 9.97 Å². The first-order chi connectivity index (χ1) is 12.2. The number of carbonyl (C=O) groups is 1. The Morgan fingerprint density at radius 3 is 3.04 bits per heavy atom. The van der Waals surface area contributed by atoms with E-state index < -0.39 is 0 Å². The van der Waals surface area contributed by atoms with Gasteiger partial charge in [-0.1, -0.05) is 12.1 Å². The molecule has 130 valence electrons. The van der Waals surface area contributed by atoms with Gasteiger partial charge in [0.1, 0.15) is 0 Å². The van der Waals surface area contributed by atoms with Crippen molar-refractivity contribution in [2.45, 2.75) is 32.2 Å². The molecule has 1 aliphatic heterocycles. The number of thiazole rings is 2. The Morgan fingerprint density at radius 2 is 2.16 bits per heavy atom. The third-order valence-corrected chi connectivity index (χ3v) is 6.40. The van der Waals surface area contributed by atoms with Crippen molar-refractivity contribution in [3.63, 3.8) is 0 Å². The van der Waals surface area contributed by atoms with Crippen LogP contribution in [0.3, 0.4) is 0 Å². The molecule has 0 radical (unpaired) electrons. The number of hydrogen-bond donors (Lipinski definition) is 1. The SMILES string of the molecule is CN1CCc2nc(NC(=O)CCCc3nc4ccccc4s3)sc2C1. The number of benzene rings is 1. The molecular formula is C18H20N4OS2. The largest absolute Gasteiger partial charge is 0.302 e. The van der Waals surface area contributed by atoms with Gasteiger partial charge in [0, 0.05) is 30.8 Å². The van der Waals surface area contributed by atoms with Gasteiger partial charge in [0.25, 0.3) is 0 Å². The number of likely N-dealkylation sites (N-methyl/N-ethyl adjacent to an activating group) is 1. The van der Waals surface area contributed by atoms with E-state index in [1.807, 2.05) is 18.2 Å². The Labute approximate surface area is 154 Å². The highest BCUT2D eigenvalue weighted by atomic mass is 32.1. The molecule has 25 heavy (non-hydrogen) atoms. The molecule has 1 amide bonds. The van der Waals surface area contributed by atoms with Crippen LogP contribution in [0.1, 0.15) is 28.4 Å². The average Bonchev–Trinajstić information content (AvgIpc) is 3.17. The minimum absolute atomic E-state index is 0.0422. The van der Waals surface area contributed by atoms with Crippen LogP contribution in [0.2, 0.25) is 0 Å². The summed E-state index contributed by atoms with van der Waals surface area (Å²) in [7, 11) is 2.11. The number of aromatic nitrogens is 2. The summed E-state index contributed by atoms with van der Waals surface area (Å²) in [6.07, 6.45) is 3.11. The summed E-state index contributed by atoms with van der Waals surface area (Å²) in [5.41, 5.74) is 2.19. The van der Waals surface area contributed by atoms with Crippen molar-refractivity contribution in [3.8, 4) is 0 Å². The van der Waals surface area contributed by atoms with Gasteiger partial charge in [0.15, 0.2) is 5.13 Å². The van der Waals surface area contributed by atoms with Crippen molar-refractivity contribution in [2.24, 2.45) is 0 Å². The molecule has 0 fully saturated rings. The van der Waals surface area contributed by atoms with Crippen molar-refractivity contribution in [3.05, 3.63) is 39.8 Å². The quantitative estimate of drug-likeness (QED) is 0.742. The summed E-state index contributed by atoms with van der Waals surface area (Å²) in [4.78, 5) is 24.9. The van der Waals surface area contributed by atoms with Gasteiger partial charge < -0.3 is 10.2 Å². The van der Waals surface area contributed by atoms with Crippen LogP contribution in [0.4, 0.5) is 5.13 Å². The third kappa shape index (κ3) is 3.89. The highest BCUT2D eigenvalue weighted by Crippen LogP contribution is 2.28. The molecule has 0 spiro atoms. The van der Waals surface area contributed by atoms with Crippen LogP contribution in [0.25, 0.3) is 10.2 Å². The lowest BCUT2D eigenvalue weighted by Gasteiger charge is -2.20. The number of carbonyl (C=O) groups excluding carboxylic acids is 1. The predicted octanol–water partition coefficient (Wildman–Crippen LogP) is 3.70. The molecule has 0 bridgehead atoms. The monoisotopic (exact) mass is 372 g/mol. The van der Waals surface area contributed by atoms with Crippen molar-refractivity contribution in [2.75, 3.05) is 18.9 Å². The fraction of sp³-hybridized carbons (Fsp3) is 0.389. The number of aryl methyl sites for hydroxylation is 1. The number of para-hydroxylation sites is 1. The Bertz CT molecular complexity index is 869. The smallest absolute Gasteiger partial charge is 0.226 e. The molecule has 2 aromatic heterocycles. The van der Waals surface area contributed by atoms with Gasteiger partial charge in [-0.3, -0.25) is 4.79 Å². The fourth-order valence-electron chi connectivity index (χ4n) is 2.99. The van der Waals surface area contributed by atoms with Crippen LogP contribution in [0, 0.1) is 0 Å². The summed E-state index contributed by atoms with van der Waals surface area (Å²) >= 11 is 3.32. The zero-order valence-corrected chi connectivity index (χ0v) is 15.8. The molecule has 3 heterocycles. The Kier molecular flexibility index (Phi) is 4.78. The van der Waals surface area contributed by atoms with E-state index in [0.29, 0.717) is 6.42 Å². The zero-order chi connectivity index (χ0) is 17.2. The van der Waals surface area contributed by atoms with E-state index in [9.17, 15) is 4.79 Å². The molecule has 5 nitrogen and oxygen atoms in total. The Balaban J connectivity index is 1.29. The van der Waals surface area contributed by atoms with Crippen molar-refractivity contribution in [1.29, 1.82) is 0 Å². The fourth-order valence-corrected chi connectivity index (χ4v) is 5.10. The van der Waals surface area contributed by atoms with Crippen LogP contribution in [-0.4, -0.2) is 34.4 Å². The maximum absolute atomic E-state index is 12.2. The summed E-state index contributed by atoms with van der Waals surface area (Å²) in [5.74, 6) is 0.0422. The summed E-state index contributed by atoms with van der Waals surface area (Å²) in [5, 5.41) is 4.80. The van der Waals surface area contributed by atoms with E-state index in [-0.39, 0.29) is 5.91 Å². The number of anilines is 1. The van der Waals surface area contributed by atoms with E-state index in [1.165, 1.54) is 9.58 Å². The van der Waals surface area contributed by atoms with Gasteiger partial charge in [-0.15, -0.1) is 22.7 Å². The summed E-state index contributed by atoms with van der Waals surface area (Å²) < 4.78 is 1.21. The molecule has 0 saturated heterocycles. The van der Waals surface area contributed by atoms with Gasteiger partial charge in [-0.2, -0.15) is 0 Å². The van der Waals surface area contributed by atoms with Gasteiger partial charge in [0.2, 0.25) is 5.91 Å². The van der Waals surface area contributed by atoms with Gasteiger partial charge in [0.05, 0.1) is 20.9 Å². The lowest BCUT2D eigenvalue weighted by atomic mass is 10.2. The molecule has 1 aliphatic rings. The van der Waals surface area contributed by atoms with E-state index in [1.54, 1.807) is 22.7 Å². The molecule has 0 aliphatic carbocycles. The minimum Gasteiger partial charge on any atom is -0.302 e. The van der Waals surface area contributed by atoms with Crippen LogP contribution in [0.5, 0.6) is 0 Å². The molecular weight excluding hydrogens is 352 g/mol. The van der Waals surface area contributed by atoms with E-state index in [0.717, 1.165) is 53.7 Å². The van der Waals surface area contributed by atoms with E-state index in [4.69, 9.17) is 0 Å². The molecule has 3 aromatic rings. The van der Waals surface area contributed by atoms with E-state index >= 15 is 0 Å². The van der Waals surface area contributed by atoms with E-state index in [2.05, 4.69) is 33.3 Å². The molecule has 0 saturated carbocycles. The zero-order valence-electron chi connectivity index (χ0n) is 14.1. The predicted molar refractivity (Wildman–Crippen MR) is 103 cm³/mol. The number of nitrogens with one attached hydrogen (secondary N) is 1. The van der Waals surface area contributed by atoms with Crippen molar-refractivity contribution >= 4 is 43.9 Å². The minimum atomic E-state index is 0.0422. The van der Waals surface area contributed by atoms with Crippen molar-refractivity contribution < 1.29 is 4.79 Å². The number of fused-ring (bicyclic) bond motifs is 2. The molecule has 4 rings (SSSR count). The number of hydrogen-bond acceptors (Lipinski definition) is 6. The van der Waals surface area contributed by atoms with Gasteiger partial charge in [-0.05, 0) is 32.0 Å². The van der Waals surface area contributed by atoms with Crippen molar-refractivity contribution in [1.82, 2.24) is 14.9 Å². The maximum Gasteiger partial charge on any atom is 0.226 e. The topological polar surface area (TPSA) is 58.1 Å². The lowest BCUT2D eigenvalue weighted by Crippen LogP contribution is -2.25. The molecule has 0 atom stereocenters. The summed E-state index contributed by atoms with van der Waals surface area (Å²) in [6.45, 7) is 1.97. The van der Waals surface area contributed by atoms with Crippen LogP contribution in [0.15, 0.2) is 24.3 Å². The third-order valence-electron chi connectivity index (χ3n) is 4.30. The highest BCUT2D eigenvalue weighted by Gasteiger charge is 2.19. The van der Waals surface area contributed by atoms with Crippen LogP contribution in [-0.2, 0) is 24.2 Å². The number of nitrogens with zero attached hydrogens (tertiary/aromatic N) is 3. The Morgan fingerprint density at radius 1 is 1.28 bits per heavy atom. The molecule has 0 unspecified atom stereocenters. The lowest BCUT2D eigenvalue weighted by molar-refractivity contribution is -0.116. The van der Waals surface area contributed by atoms with Crippen LogP contribution < -0.4 is 5.32 Å². The average molecular weight is 373 g/mol.